The fraction of sp³-hybridized carbons (Fsp3) is 0.389. The first-order valence-corrected chi connectivity index (χ1v) is 28.0. The van der Waals surface area contributed by atoms with Crippen LogP contribution in [-0.4, -0.2) is 103 Å². The summed E-state index contributed by atoms with van der Waals surface area (Å²) in [4.78, 5) is 4.94. The normalized spacial score (nSPS) is 19.1. The van der Waals surface area contributed by atoms with Crippen molar-refractivity contribution in [2.24, 2.45) is 0 Å². The van der Waals surface area contributed by atoms with Crippen molar-refractivity contribution in [1.82, 2.24) is 0 Å². The average molecular weight is 1080 g/mol. The minimum absolute atomic E-state index is 0. The number of unbranched alkanes of at least 4 members (excludes halogenated alkanes) is 1. The molecule has 318 valence electrons. The molecule has 0 radical (unpaired) electrons. The van der Waals surface area contributed by atoms with Crippen molar-refractivity contribution >= 4 is 86.8 Å². The van der Waals surface area contributed by atoms with Gasteiger partial charge in [0.15, 0.2) is 12.4 Å². The number of hydrogen-bond donors (Lipinski definition) is 0. The van der Waals surface area contributed by atoms with Gasteiger partial charge < -0.3 is 14.5 Å². The average Bonchev–Trinajstić information content (AvgIpc) is 3.29. The Kier molecular flexibility index (Phi) is 16.5. The van der Waals surface area contributed by atoms with Crippen molar-refractivity contribution in [3.05, 3.63) is 105 Å². The van der Waals surface area contributed by atoms with Gasteiger partial charge >= 0.3 is 70.7 Å². The third kappa shape index (κ3) is 18.5. The first-order chi connectivity index (χ1) is 24.5. The molecule has 0 bridgehead atoms. The van der Waals surface area contributed by atoms with Crippen LogP contribution in [0.4, 0.5) is 42.3 Å². The fourth-order valence-corrected chi connectivity index (χ4v) is 6.41. The van der Waals surface area contributed by atoms with Crippen molar-refractivity contribution in [3.8, 4) is 0 Å². The van der Waals surface area contributed by atoms with E-state index >= 15 is 0 Å². The maximum absolute atomic E-state index is 11.2. The van der Waals surface area contributed by atoms with Gasteiger partial charge in [0.1, 0.15) is 28.2 Å². The Bertz CT molecular complexity index is 1770. The minimum atomic E-state index is -11.2. The van der Waals surface area contributed by atoms with Crippen LogP contribution in [0.15, 0.2) is 84.2 Å². The van der Waals surface area contributed by atoms with Gasteiger partial charge in [-0.3, -0.25) is 0 Å². The second-order valence-electron chi connectivity index (χ2n) is 14.3. The first kappa shape index (κ1) is 51.7. The quantitative estimate of drug-likeness (QED) is 0.0818. The van der Waals surface area contributed by atoms with Crippen LogP contribution in [0.3, 0.4) is 0 Å². The van der Waals surface area contributed by atoms with Crippen LogP contribution in [0.1, 0.15) is 51.7 Å². The molecule has 0 N–H and O–H groups in total. The summed E-state index contributed by atoms with van der Waals surface area (Å²) in [5.74, 6) is 0. The van der Waals surface area contributed by atoms with Gasteiger partial charge in [0.05, 0.1) is 0 Å². The van der Waals surface area contributed by atoms with Crippen LogP contribution in [0.25, 0.3) is 0 Å². The molecular weight excluding hydrogens is 1030 g/mol. The number of fused-ring (bicyclic) bond motifs is 2. The maximum atomic E-state index is 9.93. The van der Waals surface area contributed by atoms with Crippen molar-refractivity contribution in [1.29, 1.82) is 0 Å². The summed E-state index contributed by atoms with van der Waals surface area (Å²) >= 11 is -7.43. The Hall–Kier alpha value is -2.28. The van der Waals surface area contributed by atoms with E-state index in [1.807, 2.05) is 49.5 Å². The molecule has 0 unspecified atom stereocenters. The van der Waals surface area contributed by atoms with E-state index in [4.69, 9.17) is 23.2 Å². The summed E-state index contributed by atoms with van der Waals surface area (Å²) < 4.78 is 113. The van der Waals surface area contributed by atoms with Crippen molar-refractivity contribution in [2.75, 3.05) is 51.1 Å². The zero-order valence-electron chi connectivity index (χ0n) is 31.9. The number of rotatable bonds is 9. The number of allylic oxidation sites excluding steroid dienone is 8. The summed E-state index contributed by atoms with van der Waals surface area (Å²) in [6.07, 6.45) is 19.2. The summed E-state index contributed by atoms with van der Waals surface area (Å²) in [5.41, 5.74) is 7.44. The van der Waals surface area contributed by atoms with Crippen molar-refractivity contribution in [3.63, 3.8) is 0 Å². The number of anilines is 2. The predicted molar refractivity (Wildman–Crippen MR) is 207 cm³/mol. The Morgan fingerprint density at radius 2 is 0.893 bits per heavy atom. The summed E-state index contributed by atoms with van der Waals surface area (Å²) in [5, 5.41) is 1.55. The molecule has 4 rings (SSSR count). The molecule has 20 heteroatoms. The molecule has 0 saturated heterocycles. The Morgan fingerprint density at radius 3 is 1.16 bits per heavy atom. The van der Waals surface area contributed by atoms with Gasteiger partial charge in [0, 0.05) is 68.9 Å². The standard InChI is InChI=1S/C36H46Cl2N4.12FH.2Sb/c1-35(2)29-19-17-27(37)25-31(29)41(33(35)15-9-11-21-39(5)6)23-13-14-24-42-32-26-28(38)18-20-30(32)36(3,4)34(42)16-10-12-22-40(7)8;;;;;;;;;;;;;;/h9-12,15-22,25-26H,13-14,23-24H2,1-8H3;12*1H;;/q+2;;;;;;;;;;;;;2*+5/p-12. The molecule has 0 saturated carbocycles. The van der Waals surface area contributed by atoms with Gasteiger partial charge in [-0.05, 0) is 60.4 Å². The Morgan fingerprint density at radius 1 is 0.607 bits per heavy atom. The zero-order chi connectivity index (χ0) is 42.5. The van der Waals surface area contributed by atoms with E-state index < -0.39 is 39.8 Å². The van der Waals surface area contributed by atoms with Gasteiger partial charge in [0.2, 0.25) is 0 Å². The first-order valence-electron chi connectivity index (χ1n) is 16.6. The summed E-state index contributed by atoms with van der Waals surface area (Å²) in [6.45, 7) is 11.1. The zero-order valence-corrected chi connectivity index (χ0v) is 38.5. The van der Waals surface area contributed by atoms with Gasteiger partial charge in [-0.1, -0.05) is 75.2 Å². The van der Waals surface area contributed by atoms with Crippen molar-refractivity contribution in [2.45, 2.75) is 51.4 Å². The van der Waals surface area contributed by atoms with Gasteiger partial charge in [-0.25, -0.2) is 9.15 Å². The van der Waals surface area contributed by atoms with Gasteiger partial charge in [0.25, 0.3) is 0 Å². The van der Waals surface area contributed by atoms with E-state index in [1.165, 1.54) is 33.9 Å². The molecule has 56 heavy (non-hydrogen) atoms. The number of benzene rings is 2. The second-order valence-corrected chi connectivity index (χ2v) is 24.3. The van der Waals surface area contributed by atoms with E-state index in [0.29, 0.717) is 0 Å². The monoisotopic (exact) mass is 1070 g/mol. The molecule has 2 aromatic carbocycles. The fourth-order valence-electron chi connectivity index (χ4n) is 6.08. The van der Waals surface area contributed by atoms with Crippen LogP contribution in [-0.2, 0) is 10.8 Å². The molecule has 0 aromatic heterocycles. The van der Waals surface area contributed by atoms with Crippen LogP contribution < -0.4 is 14.5 Å². The van der Waals surface area contributed by atoms with Crippen LogP contribution >= 0.6 is 23.2 Å². The Balaban J connectivity index is 0.000000962. The van der Waals surface area contributed by atoms with Crippen molar-refractivity contribution < 1.29 is 44.8 Å². The topological polar surface area (TPSA) is 12.5 Å². The van der Waals surface area contributed by atoms with Gasteiger partial charge in [-0.15, -0.1) is 0 Å². The van der Waals surface area contributed by atoms with Gasteiger partial charge in [-0.2, -0.15) is 0 Å². The SMILES string of the molecule is C[N+](C)=CC=CC=C1N(CCCCN2C(=CC=CC=[N+](C)C)C(C)(C)c3ccc(Cl)cc32)c2cc(Cl)ccc2C1(C)C.[F-].[F][Sb-]([F])([F])([F])([F])[F].[F][Sb]([F])([F])([F])[F]. The Labute approximate surface area is 337 Å². The number of nitrogens with zero attached hydrogens (tertiary/aromatic N) is 4. The number of hydrogen-bond acceptors (Lipinski definition) is 2. The molecule has 4 nitrogen and oxygen atoms in total. The summed E-state index contributed by atoms with van der Waals surface area (Å²) in [6, 6.07) is 12.6. The molecule has 0 amide bonds. The molecule has 0 aliphatic carbocycles. The van der Waals surface area contributed by atoms with E-state index in [9.17, 15) is 30.9 Å². The van der Waals surface area contributed by atoms with E-state index in [-0.39, 0.29) is 15.5 Å². The molecule has 0 fully saturated rings. The molecular formula is C36H46Cl2F12N4Sb2. The van der Waals surface area contributed by atoms with Crippen LogP contribution in [0.5, 0.6) is 0 Å². The number of halogens is 14. The molecule has 2 aliphatic heterocycles. The van der Waals surface area contributed by atoms with E-state index in [2.05, 4.69) is 111 Å². The molecule has 0 spiro atoms. The van der Waals surface area contributed by atoms with E-state index in [1.54, 1.807) is 0 Å². The summed E-state index contributed by atoms with van der Waals surface area (Å²) in [7, 11) is 8.14. The third-order valence-corrected chi connectivity index (χ3v) is 8.69. The van der Waals surface area contributed by atoms with Crippen LogP contribution in [0, 0.1) is 0 Å². The predicted octanol–water partition coefficient (Wildman–Crippen LogP) is 9.10. The van der Waals surface area contributed by atoms with Crippen LogP contribution in [0.2, 0.25) is 10.0 Å². The third-order valence-electron chi connectivity index (χ3n) is 8.22. The van der Waals surface area contributed by atoms with E-state index in [0.717, 1.165) is 36.0 Å². The molecule has 0 atom stereocenters. The second kappa shape index (κ2) is 17.9. The molecule has 2 aliphatic rings. The molecule has 2 aromatic rings. The molecule has 2 heterocycles.